The number of unbranched alkanes of at least 4 members (excludes halogenated alkanes) is 4. The van der Waals surface area contributed by atoms with Crippen molar-refractivity contribution in [2.75, 3.05) is 13.2 Å². The molecular weight excluding hydrogens is 304 g/mol. The summed E-state index contributed by atoms with van der Waals surface area (Å²) >= 11 is 0. The van der Waals surface area contributed by atoms with E-state index in [-0.39, 0.29) is 11.4 Å². The van der Waals surface area contributed by atoms with Crippen LogP contribution in [-0.4, -0.2) is 27.5 Å². The van der Waals surface area contributed by atoms with Gasteiger partial charge >= 0.3 is 5.97 Å². The second kappa shape index (κ2) is 9.82. The summed E-state index contributed by atoms with van der Waals surface area (Å²) in [5.74, 6) is -0.0669. The van der Waals surface area contributed by atoms with Crippen molar-refractivity contribution in [1.82, 2.24) is 0 Å². The minimum Gasteiger partial charge on any atom is -0.466 e. The quantitative estimate of drug-likeness (QED) is 0.264. The Bertz CT molecular complexity index is 343. The zero-order valence-electron chi connectivity index (χ0n) is 16.9. The van der Waals surface area contributed by atoms with Crippen molar-refractivity contribution in [3.63, 3.8) is 0 Å². The fraction of sp³-hybridized carbons (Fsp3) is 0.947. The number of ether oxygens (including phenoxy) is 1. The van der Waals surface area contributed by atoms with Crippen LogP contribution >= 0.6 is 0 Å². The fourth-order valence-corrected chi connectivity index (χ4v) is 3.26. The van der Waals surface area contributed by atoms with Crippen LogP contribution in [-0.2, 0) is 14.0 Å². The van der Waals surface area contributed by atoms with Gasteiger partial charge in [-0.2, -0.15) is 0 Å². The smallest absolute Gasteiger partial charge is 0.311 e. The maximum atomic E-state index is 11.8. The number of hydrogen-bond donors (Lipinski definition) is 0. The molecule has 138 valence electrons. The van der Waals surface area contributed by atoms with E-state index in [0.29, 0.717) is 11.6 Å². The Morgan fingerprint density at radius 3 is 1.96 bits per heavy atom. The molecule has 0 spiro atoms. The van der Waals surface area contributed by atoms with Crippen LogP contribution in [0.15, 0.2) is 0 Å². The number of carbonyl (C=O) groups is 1. The first-order chi connectivity index (χ1) is 10.4. The second-order valence-corrected chi connectivity index (χ2v) is 13.5. The van der Waals surface area contributed by atoms with Crippen LogP contribution in [0.1, 0.15) is 80.1 Å². The molecule has 0 saturated heterocycles. The molecule has 0 amide bonds. The second-order valence-electron chi connectivity index (χ2n) is 8.73. The van der Waals surface area contributed by atoms with Crippen LogP contribution in [0.5, 0.6) is 0 Å². The molecule has 0 saturated carbocycles. The van der Waals surface area contributed by atoms with Gasteiger partial charge in [-0.15, -0.1) is 0 Å². The van der Waals surface area contributed by atoms with Crippen LogP contribution in [0, 0.1) is 5.41 Å². The Hall–Kier alpha value is -0.353. The van der Waals surface area contributed by atoms with E-state index >= 15 is 0 Å². The van der Waals surface area contributed by atoms with Crippen LogP contribution in [0.2, 0.25) is 18.1 Å². The van der Waals surface area contributed by atoms with E-state index in [1.807, 2.05) is 20.8 Å². The minimum absolute atomic E-state index is 0.0669. The van der Waals surface area contributed by atoms with Gasteiger partial charge in [-0.05, 0) is 51.7 Å². The molecule has 0 atom stereocenters. The zero-order chi connectivity index (χ0) is 18.1. The summed E-state index contributed by atoms with van der Waals surface area (Å²) in [4.78, 5) is 11.8. The van der Waals surface area contributed by atoms with Gasteiger partial charge in [0.05, 0.1) is 12.0 Å². The molecule has 0 aliphatic carbocycles. The van der Waals surface area contributed by atoms with Gasteiger partial charge in [0.2, 0.25) is 0 Å². The Kier molecular flexibility index (Phi) is 9.67. The van der Waals surface area contributed by atoms with Crippen molar-refractivity contribution in [2.24, 2.45) is 5.41 Å². The van der Waals surface area contributed by atoms with Gasteiger partial charge in [0, 0.05) is 6.61 Å². The first kappa shape index (κ1) is 22.6. The zero-order valence-corrected chi connectivity index (χ0v) is 17.9. The van der Waals surface area contributed by atoms with Crippen LogP contribution in [0.3, 0.4) is 0 Å². The third-order valence-electron chi connectivity index (χ3n) is 5.04. The van der Waals surface area contributed by atoms with Gasteiger partial charge in [0.15, 0.2) is 8.32 Å². The van der Waals surface area contributed by atoms with Crippen molar-refractivity contribution in [2.45, 2.75) is 98.2 Å². The molecule has 0 aromatic carbocycles. The average Bonchev–Trinajstić information content (AvgIpc) is 2.40. The highest BCUT2D eigenvalue weighted by molar-refractivity contribution is 6.74. The van der Waals surface area contributed by atoms with Gasteiger partial charge in [-0.1, -0.05) is 46.5 Å². The molecule has 0 N–H and O–H groups in total. The lowest BCUT2D eigenvalue weighted by atomic mass is 9.87. The van der Waals surface area contributed by atoms with Crippen LogP contribution < -0.4 is 0 Å². The standard InChI is InChI=1S/C19H40O3Si/c1-9-21-17(20)19(5,6)15-13-11-10-12-14-16-22-23(7,8)18(2,3)4/h9-16H2,1-8H3. The van der Waals surface area contributed by atoms with Crippen molar-refractivity contribution in [3.05, 3.63) is 0 Å². The molecule has 4 heteroatoms. The van der Waals surface area contributed by atoms with E-state index in [1.165, 1.54) is 19.3 Å². The molecule has 0 bridgehead atoms. The van der Waals surface area contributed by atoms with Gasteiger partial charge in [-0.25, -0.2) is 0 Å². The summed E-state index contributed by atoms with van der Waals surface area (Å²) in [5.41, 5.74) is -0.346. The highest BCUT2D eigenvalue weighted by Gasteiger charge is 2.36. The van der Waals surface area contributed by atoms with E-state index in [9.17, 15) is 4.79 Å². The molecule has 3 nitrogen and oxygen atoms in total. The molecule has 0 fully saturated rings. The summed E-state index contributed by atoms with van der Waals surface area (Å²) in [6, 6.07) is 0. The van der Waals surface area contributed by atoms with Crippen molar-refractivity contribution >= 4 is 14.3 Å². The Morgan fingerprint density at radius 1 is 0.913 bits per heavy atom. The molecule has 0 aromatic heterocycles. The summed E-state index contributed by atoms with van der Waals surface area (Å²) in [5, 5.41) is 0.297. The average molecular weight is 345 g/mol. The van der Waals surface area contributed by atoms with Gasteiger partial charge in [0.25, 0.3) is 0 Å². The van der Waals surface area contributed by atoms with Gasteiger partial charge in [0.1, 0.15) is 0 Å². The first-order valence-electron chi connectivity index (χ1n) is 9.25. The van der Waals surface area contributed by atoms with E-state index in [0.717, 1.165) is 25.9 Å². The molecule has 0 aromatic rings. The van der Waals surface area contributed by atoms with Crippen molar-refractivity contribution < 1.29 is 14.0 Å². The number of rotatable bonds is 11. The predicted molar refractivity (Wildman–Crippen MR) is 101 cm³/mol. The van der Waals surface area contributed by atoms with Crippen molar-refractivity contribution in [1.29, 1.82) is 0 Å². The number of esters is 1. The summed E-state index contributed by atoms with van der Waals surface area (Å²) in [7, 11) is -1.58. The van der Waals surface area contributed by atoms with Crippen LogP contribution in [0.25, 0.3) is 0 Å². The highest BCUT2D eigenvalue weighted by atomic mass is 28.4. The predicted octanol–water partition coefficient (Wildman–Crippen LogP) is 5.94. The largest absolute Gasteiger partial charge is 0.466 e. The van der Waals surface area contributed by atoms with Gasteiger partial charge < -0.3 is 9.16 Å². The maximum absolute atomic E-state index is 11.8. The molecule has 0 radical (unpaired) electrons. The summed E-state index contributed by atoms with van der Waals surface area (Å²) in [6.07, 6.45) is 6.77. The molecular formula is C19H40O3Si. The third-order valence-corrected chi connectivity index (χ3v) is 9.58. The van der Waals surface area contributed by atoms with E-state index in [2.05, 4.69) is 33.9 Å². The molecule has 0 unspecified atom stereocenters. The minimum atomic E-state index is -1.58. The maximum Gasteiger partial charge on any atom is 0.311 e. The highest BCUT2D eigenvalue weighted by Crippen LogP contribution is 2.36. The molecule has 0 rings (SSSR count). The number of hydrogen-bond acceptors (Lipinski definition) is 3. The monoisotopic (exact) mass is 344 g/mol. The topological polar surface area (TPSA) is 35.5 Å². The lowest BCUT2D eigenvalue weighted by molar-refractivity contribution is -0.153. The van der Waals surface area contributed by atoms with E-state index < -0.39 is 8.32 Å². The number of carbonyl (C=O) groups excluding carboxylic acids is 1. The Labute approximate surface area is 145 Å². The van der Waals surface area contributed by atoms with Gasteiger partial charge in [-0.3, -0.25) is 4.79 Å². The third kappa shape index (κ3) is 8.90. The van der Waals surface area contributed by atoms with Crippen molar-refractivity contribution in [3.8, 4) is 0 Å². The van der Waals surface area contributed by atoms with E-state index in [1.54, 1.807) is 0 Å². The molecule has 0 aliphatic heterocycles. The molecule has 0 aliphatic rings. The first-order valence-corrected chi connectivity index (χ1v) is 12.2. The molecule has 0 heterocycles. The van der Waals surface area contributed by atoms with E-state index in [4.69, 9.17) is 9.16 Å². The Morgan fingerprint density at radius 2 is 1.43 bits per heavy atom. The fourth-order valence-electron chi connectivity index (χ4n) is 2.17. The Balaban J connectivity index is 3.74. The normalized spacial score (nSPS) is 13.2. The summed E-state index contributed by atoms with van der Waals surface area (Å²) < 4.78 is 11.3. The SMILES string of the molecule is CCOC(=O)C(C)(C)CCCCCCCO[Si](C)(C)C(C)(C)C. The van der Waals surface area contributed by atoms with Crippen LogP contribution in [0.4, 0.5) is 0 Å². The molecule has 23 heavy (non-hydrogen) atoms. The lowest BCUT2D eigenvalue weighted by Crippen LogP contribution is -2.40. The lowest BCUT2D eigenvalue weighted by Gasteiger charge is -2.36. The summed E-state index contributed by atoms with van der Waals surface area (Å²) in [6.45, 7) is 18.7.